The molecule has 0 amide bonds. The summed E-state index contributed by atoms with van der Waals surface area (Å²) in [6, 6.07) is 3.76. The van der Waals surface area contributed by atoms with Crippen LogP contribution in [-0.4, -0.2) is 13.4 Å². The topological polar surface area (TPSA) is 59.1 Å². The van der Waals surface area contributed by atoms with E-state index in [4.69, 9.17) is 23.2 Å². The Kier molecular flexibility index (Phi) is 4.12. The Hall–Kier alpha value is -1.44. The number of sulfonamides is 1. The number of rotatable bonds is 3. The summed E-state index contributed by atoms with van der Waals surface area (Å²) >= 11 is 11.2. The highest BCUT2D eigenvalue weighted by Gasteiger charge is 2.19. The van der Waals surface area contributed by atoms with Gasteiger partial charge in [0.1, 0.15) is 21.6 Å². The summed E-state index contributed by atoms with van der Waals surface area (Å²) in [6.07, 6.45) is 1.000. The number of anilines is 1. The molecular formula is C11H6Cl2F2N2O2S. The second kappa shape index (κ2) is 5.51. The van der Waals surface area contributed by atoms with Crippen molar-refractivity contribution in [2.24, 2.45) is 0 Å². The van der Waals surface area contributed by atoms with Crippen LogP contribution < -0.4 is 4.72 Å². The van der Waals surface area contributed by atoms with Crippen LogP contribution in [0.5, 0.6) is 0 Å². The van der Waals surface area contributed by atoms with E-state index in [9.17, 15) is 17.2 Å². The molecular weight excluding hydrogens is 333 g/mol. The van der Waals surface area contributed by atoms with Gasteiger partial charge < -0.3 is 0 Å². The van der Waals surface area contributed by atoms with Gasteiger partial charge >= 0.3 is 0 Å². The fourth-order valence-corrected chi connectivity index (χ4v) is 2.80. The zero-order valence-corrected chi connectivity index (χ0v) is 11.9. The largest absolute Gasteiger partial charge is 0.275 e. The van der Waals surface area contributed by atoms with Crippen molar-refractivity contribution in [3.05, 3.63) is 52.3 Å². The molecule has 0 saturated heterocycles. The Morgan fingerprint density at radius 3 is 2.40 bits per heavy atom. The molecule has 1 aromatic carbocycles. The first-order chi connectivity index (χ1) is 9.29. The first-order valence-corrected chi connectivity index (χ1v) is 7.32. The maximum atomic E-state index is 13.5. The molecule has 1 N–H and O–H groups in total. The number of aromatic nitrogens is 1. The van der Waals surface area contributed by atoms with Crippen LogP contribution in [0.15, 0.2) is 35.4 Å². The maximum Gasteiger partial charge on any atom is 0.263 e. The van der Waals surface area contributed by atoms with Gasteiger partial charge in [-0.1, -0.05) is 23.2 Å². The van der Waals surface area contributed by atoms with Crippen LogP contribution in [0, 0.1) is 11.6 Å². The molecule has 1 aromatic heterocycles. The fourth-order valence-electron chi connectivity index (χ4n) is 1.35. The number of hydrogen-bond donors (Lipinski definition) is 1. The molecule has 106 valence electrons. The van der Waals surface area contributed by atoms with E-state index in [0.717, 1.165) is 12.3 Å². The number of hydrogen-bond acceptors (Lipinski definition) is 3. The molecule has 1 heterocycles. The van der Waals surface area contributed by atoms with Crippen molar-refractivity contribution in [1.82, 2.24) is 4.98 Å². The number of nitrogens with zero attached hydrogens (tertiary/aromatic N) is 1. The normalized spacial score (nSPS) is 11.4. The number of benzene rings is 1. The second-order valence-corrected chi connectivity index (χ2v) is 6.14. The third-order valence-electron chi connectivity index (χ3n) is 2.25. The summed E-state index contributed by atoms with van der Waals surface area (Å²) in [4.78, 5) is 3.37. The fraction of sp³-hybridized carbons (Fsp3) is 0. The smallest absolute Gasteiger partial charge is 0.263 e. The van der Waals surface area contributed by atoms with Crippen molar-refractivity contribution in [1.29, 1.82) is 0 Å². The van der Waals surface area contributed by atoms with E-state index >= 15 is 0 Å². The molecule has 0 aliphatic rings. The third kappa shape index (κ3) is 3.17. The van der Waals surface area contributed by atoms with Crippen LogP contribution in [0.4, 0.5) is 14.5 Å². The lowest BCUT2D eigenvalue weighted by atomic mass is 10.3. The van der Waals surface area contributed by atoms with Crippen LogP contribution in [0.2, 0.25) is 10.2 Å². The summed E-state index contributed by atoms with van der Waals surface area (Å²) in [5.41, 5.74) is -0.539. The highest BCUT2D eigenvalue weighted by Crippen LogP contribution is 2.28. The van der Waals surface area contributed by atoms with Crippen molar-refractivity contribution in [3.63, 3.8) is 0 Å². The van der Waals surface area contributed by atoms with E-state index < -0.39 is 32.4 Å². The van der Waals surface area contributed by atoms with E-state index in [2.05, 4.69) is 4.98 Å². The lowest BCUT2D eigenvalue weighted by Gasteiger charge is -2.10. The Balaban J connectivity index is 2.41. The molecule has 0 atom stereocenters. The van der Waals surface area contributed by atoms with E-state index in [1.807, 2.05) is 4.72 Å². The van der Waals surface area contributed by atoms with Gasteiger partial charge in [0.2, 0.25) is 0 Å². The van der Waals surface area contributed by atoms with Crippen LogP contribution in [0.3, 0.4) is 0 Å². The molecule has 0 aliphatic heterocycles. The van der Waals surface area contributed by atoms with E-state index in [0.29, 0.717) is 6.07 Å². The lowest BCUT2D eigenvalue weighted by Crippen LogP contribution is -2.14. The van der Waals surface area contributed by atoms with Gasteiger partial charge in [-0.05, 0) is 18.2 Å². The van der Waals surface area contributed by atoms with Crippen molar-refractivity contribution in [3.8, 4) is 0 Å². The predicted octanol–water partition coefficient (Wildman–Crippen LogP) is 3.47. The first kappa shape index (κ1) is 15.0. The van der Waals surface area contributed by atoms with Gasteiger partial charge in [0.15, 0.2) is 5.82 Å². The average molecular weight is 339 g/mol. The molecule has 0 aliphatic carbocycles. The highest BCUT2D eigenvalue weighted by molar-refractivity contribution is 7.92. The molecule has 0 radical (unpaired) electrons. The van der Waals surface area contributed by atoms with Gasteiger partial charge in [-0.15, -0.1) is 0 Å². The van der Waals surface area contributed by atoms with E-state index in [1.165, 1.54) is 12.1 Å². The summed E-state index contributed by atoms with van der Waals surface area (Å²) in [7, 11) is -4.11. The van der Waals surface area contributed by atoms with Gasteiger partial charge in [0, 0.05) is 12.3 Å². The van der Waals surface area contributed by atoms with Gasteiger partial charge in [-0.2, -0.15) is 0 Å². The molecule has 0 unspecified atom stereocenters. The molecule has 2 rings (SSSR count). The standard InChI is InChI=1S/C11H6Cl2F2N2O2S/c12-8-3-6(14)4-9(15)11(8)17-20(18,19)7-1-2-10(13)16-5-7/h1-5,17H. The zero-order chi connectivity index (χ0) is 14.9. The third-order valence-corrected chi connectivity index (χ3v) is 4.11. The molecule has 2 aromatic rings. The van der Waals surface area contributed by atoms with Crippen molar-refractivity contribution >= 4 is 38.9 Å². The van der Waals surface area contributed by atoms with Crippen LogP contribution in [0.25, 0.3) is 0 Å². The van der Waals surface area contributed by atoms with E-state index in [1.54, 1.807) is 0 Å². The van der Waals surface area contributed by atoms with Gasteiger partial charge in [-0.25, -0.2) is 22.2 Å². The zero-order valence-electron chi connectivity index (χ0n) is 9.57. The molecule has 0 fully saturated rings. The minimum atomic E-state index is -4.11. The summed E-state index contributed by atoms with van der Waals surface area (Å²) < 4.78 is 52.3. The number of halogens is 4. The Morgan fingerprint density at radius 1 is 1.15 bits per heavy atom. The van der Waals surface area contributed by atoms with Gasteiger partial charge in [0.25, 0.3) is 10.0 Å². The first-order valence-electron chi connectivity index (χ1n) is 5.08. The average Bonchev–Trinajstić information content (AvgIpc) is 2.34. The predicted molar refractivity (Wildman–Crippen MR) is 71.4 cm³/mol. The highest BCUT2D eigenvalue weighted by atomic mass is 35.5. The van der Waals surface area contributed by atoms with E-state index in [-0.39, 0.29) is 10.0 Å². The van der Waals surface area contributed by atoms with Crippen molar-refractivity contribution in [2.75, 3.05) is 4.72 Å². The Labute approximate surface area is 123 Å². The summed E-state index contributed by atoms with van der Waals surface area (Å²) in [6.45, 7) is 0. The molecule has 4 nitrogen and oxygen atoms in total. The summed E-state index contributed by atoms with van der Waals surface area (Å²) in [5.74, 6) is -2.04. The SMILES string of the molecule is O=S(=O)(Nc1c(F)cc(F)cc1Cl)c1ccc(Cl)nc1. The van der Waals surface area contributed by atoms with Crippen LogP contribution in [0.1, 0.15) is 0 Å². The number of nitrogens with one attached hydrogen (secondary N) is 1. The number of pyridine rings is 1. The molecule has 9 heteroatoms. The monoisotopic (exact) mass is 338 g/mol. The van der Waals surface area contributed by atoms with Gasteiger partial charge in [0.05, 0.1) is 5.02 Å². The molecule has 20 heavy (non-hydrogen) atoms. The quantitative estimate of drug-likeness (QED) is 0.871. The Morgan fingerprint density at radius 2 is 1.85 bits per heavy atom. The van der Waals surface area contributed by atoms with Crippen molar-refractivity contribution in [2.45, 2.75) is 4.90 Å². The maximum absolute atomic E-state index is 13.5. The second-order valence-electron chi connectivity index (χ2n) is 3.67. The minimum Gasteiger partial charge on any atom is -0.275 e. The molecule has 0 bridgehead atoms. The van der Waals surface area contributed by atoms with Gasteiger partial charge in [-0.3, -0.25) is 4.72 Å². The lowest BCUT2D eigenvalue weighted by molar-refractivity contribution is 0.583. The van der Waals surface area contributed by atoms with Crippen molar-refractivity contribution < 1.29 is 17.2 Å². The Bertz CT molecular complexity index is 729. The van der Waals surface area contributed by atoms with Crippen LogP contribution >= 0.6 is 23.2 Å². The minimum absolute atomic E-state index is 0.106. The summed E-state index contributed by atoms with van der Waals surface area (Å²) in [5, 5.41) is -0.289. The molecule has 0 saturated carbocycles. The molecule has 0 spiro atoms. The van der Waals surface area contributed by atoms with Crippen LogP contribution in [-0.2, 0) is 10.0 Å².